The molecule has 0 aliphatic heterocycles. The number of aryl methyl sites for hydroxylation is 1. The van der Waals surface area contributed by atoms with Crippen LogP contribution in [0.2, 0.25) is 0 Å². The van der Waals surface area contributed by atoms with Crippen LogP contribution in [0.4, 0.5) is 5.00 Å². The molecule has 2 N–H and O–H groups in total. The number of methoxy groups -OCH3 is 1. The molecule has 2 amide bonds. The molecule has 3 aromatic rings. The average Bonchev–Trinajstić information content (AvgIpc) is 3.25. The summed E-state index contributed by atoms with van der Waals surface area (Å²) in [7, 11) is 1.54. The van der Waals surface area contributed by atoms with Gasteiger partial charge in [-0.25, -0.2) is 10.2 Å². The highest BCUT2D eigenvalue weighted by molar-refractivity contribution is 7.16. The molecule has 0 radical (unpaired) electrons. The van der Waals surface area contributed by atoms with Crippen molar-refractivity contribution in [1.82, 2.24) is 5.43 Å². The van der Waals surface area contributed by atoms with Crippen molar-refractivity contribution in [1.29, 1.82) is 5.26 Å². The first-order valence-corrected chi connectivity index (χ1v) is 12.0. The monoisotopic (exact) mass is 502 g/mol. The third kappa shape index (κ3) is 5.76. The van der Waals surface area contributed by atoms with Gasteiger partial charge >= 0.3 is 17.8 Å². The smallest absolute Gasteiger partial charge is 0.343 e. The topological polar surface area (TPSA) is 130 Å². The summed E-state index contributed by atoms with van der Waals surface area (Å²) in [5.41, 5.74) is 4.46. The quantitative estimate of drug-likeness (QED) is 0.173. The maximum absolute atomic E-state index is 12.3. The van der Waals surface area contributed by atoms with Crippen LogP contribution in [0.5, 0.6) is 11.5 Å². The van der Waals surface area contributed by atoms with E-state index in [1.54, 1.807) is 48.5 Å². The van der Waals surface area contributed by atoms with Gasteiger partial charge in [0, 0.05) is 4.88 Å². The van der Waals surface area contributed by atoms with Crippen molar-refractivity contribution in [3.63, 3.8) is 0 Å². The molecule has 0 saturated heterocycles. The van der Waals surface area contributed by atoms with Crippen LogP contribution in [0.15, 0.2) is 53.6 Å². The van der Waals surface area contributed by atoms with Crippen LogP contribution in [-0.2, 0) is 22.4 Å². The van der Waals surface area contributed by atoms with E-state index < -0.39 is 17.8 Å². The molecule has 36 heavy (non-hydrogen) atoms. The molecule has 1 heterocycles. The number of hydrogen-bond acceptors (Lipinski definition) is 8. The Bertz CT molecular complexity index is 1370. The first kappa shape index (κ1) is 24.6. The van der Waals surface area contributed by atoms with E-state index in [1.165, 1.54) is 24.7 Å². The molecular weight excluding hydrogens is 480 g/mol. The van der Waals surface area contributed by atoms with Gasteiger partial charge in [-0.2, -0.15) is 10.4 Å². The van der Waals surface area contributed by atoms with E-state index >= 15 is 0 Å². The van der Waals surface area contributed by atoms with Gasteiger partial charge in [0.1, 0.15) is 22.6 Å². The van der Waals surface area contributed by atoms with Crippen LogP contribution in [0.3, 0.4) is 0 Å². The molecule has 0 saturated carbocycles. The highest BCUT2D eigenvalue weighted by atomic mass is 32.1. The standard InChI is InChI=1S/C26H22N4O5S/c1-34-18-11-9-17(10-12-18)26(33)35-19-6-4-5-16(13-19)15-28-30-24(32)23(31)29-25-21(14-27)20-7-2-3-8-22(20)36-25/h4-6,9-13,15H,2-3,7-8H2,1H3,(H,29,31)(H,30,32). The van der Waals surface area contributed by atoms with Gasteiger partial charge in [0.15, 0.2) is 0 Å². The number of carbonyl (C=O) groups excluding carboxylic acids is 3. The second-order valence-electron chi connectivity index (χ2n) is 7.87. The molecule has 10 heteroatoms. The van der Waals surface area contributed by atoms with E-state index in [1.807, 2.05) is 0 Å². The number of nitrogens with zero attached hydrogens (tertiary/aromatic N) is 2. The van der Waals surface area contributed by atoms with E-state index in [0.29, 0.717) is 27.4 Å². The maximum atomic E-state index is 12.3. The van der Waals surface area contributed by atoms with Gasteiger partial charge in [0.25, 0.3) is 0 Å². The normalized spacial score (nSPS) is 12.3. The minimum atomic E-state index is -0.969. The van der Waals surface area contributed by atoms with Crippen LogP contribution in [0.1, 0.15) is 44.8 Å². The Morgan fingerprint density at radius 3 is 2.58 bits per heavy atom. The fraction of sp³-hybridized carbons (Fsp3) is 0.192. The van der Waals surface area contributed by atoms with Gasteiger partial charge in [-0.1, -0.05) is 12.1 Å². The van der Waals surface area contributed by atoms with Crippen LogP contribution in [0, 0.1) is 11.3 Å². The number of rotatable bonds is 6. The predicted octanol–water partition coefficient (Wildman–Crippen LogP) is 3.82. The molecule has 9 nitrogen and oxygen atoms in total. The number of carbonyl (C=O) groups is 3. The van der Waals surface area contributed by atoms with Crippen LogP contribution in [-0.4, -0.2) is 31.1 Å². The lowest BCUT2D eigenvalue weighted by atomic mass is 9.96. The fourth-order valence-corrected chi connectivity index (χ4v) is 4.93. The second kappa shape index (κ2) is 11.3. The van der Waals surface area contributed by atoms with Crippen molar-refractivity contribution in [2.45, 2.75) is 25.7 Å². The lowest BCUT2D eigenvalue weighted by molar-refractivity contribution is -0.136. The zero-order valence-electron chi connectivity index (χ0n) is 19.4. The van der Waals surface area contributed by atoms with Crippen molar-refractivity contribution < 1.29 is 23.9 Å². The van der Waals surface area contributed by atoms with Crippen LogP contribution >= 0.6 is 11.3 Å². The summed E-state index contributed by atoms with van der Waals surface area (Å²) in [6, 6.07) is 15.2. The minimum absolute atomic E-state index is 0.287. The molecule has 182 valence electrons. The first-order valence-electron chi connectivity index (χ1n) is 11.1. The lowest BCUT2D eigenvalue weighted by Gasteiger charge is -2.09. The molecule has 1 aliphatic carbocycles. The highest BCUT2D eigenvalue weighted by Gasteiger charge is 2.23. The maximum Gasteiger partial charge on any atom is 0.343 e. The Kier molecular flexibility index (Phi) is 7.72. The largest absolute Gasteiger partial charge is 0.497 e. The Morgan fingerprint density at radius 2 is 1.83 bits per heavy atom. The third-order valence-corrected chi connectivity index (χ3v) is 6.70. The zero-order valence-corrected chi connectivity index (χ0v) is 20.2. The number of nitrogens with one attached hydrogen (secondary N) is 2. The molecule has 0 unspecified atom stereocenters. The van der Waals surface area contributed by atoms with E-state index in [2.05, 4.69) is 21.9 Å². The molecule has 0 spiro atoms. The number of hydrazone groups is 1. The number of ether oxygens (including phenoxy) is 2. The molecular formula is C26H22N4O5S. The molecule has 0 bridgehead atoms. The van der Waals surface area contributed by atoms with Crippen LogP contribution < -0.4 is 20.2 Å². The molecule has 4 rings (SSSR count). The average molecular weight is 503 g/mol. The van der Waals surface area contributed by atoms with Gasteiger partial charge in [0.2, 0.25) is 0 Å². The number of nitriles is 1. The van der Waals surface area contributed by atoms with E-state index in [-0.39, 0.29) is 5.75 Å². The lowest BCUT2D eigenvalue weighted by Crippen LogP contribution is -2.32. The fourth-order valence-electron chi connectivity index (χ4n) is 3.70. The summed E-state index contributed by atoms with van der Waals surface area (Å²) in [6.07, 6.45) is 5.04. The number of anilines is 1. The molecule has 1 aromatic heterocycles. The Morgan fingerprint density at radius 1 is 1.06 bits per heavy atom. The number of hydrogen-bond donors (Lipinski definition) is 2. The SMILES string of the molecule is COc1ccc(C(=O)Oc2cccc(C=NNC(=O)C(=O)Nc3sc4c(c3C#N)CCCC4)c2)cc1. The summed E-state index contributed by atoms with van der Waals surface area (Å²) >= 11 is 1.34. The predicted molar refractivity (Wildman–Crippen MR) is 134 cm³/mol. The summed E-state index contributed by atoms with van der Waals surface area (Å²) < 4.78 is 10.5. The van der Waals surface area contributed by atoms with Crippen molar-refractivity contribution in [3.05, 3.63) is 75.7 Å². The van der Waals surface area contributed by atoms with Gasteiger partial charge in [0.05, 0.1) is 24.5 Å². The van der Waals surface area contributed by atoms with Crippen molar-refractivity contribution >= 4 is 40.3 Å². The molecule has 1 aliphatic rings. The highest BCUT2D eigenvalue weighted by Crippen LogP contribution is 2.37. The number of thiophene rings is 1. The Balaban J connectivity index is 1.34. The molecule has 0 fully saturated rings. The summed E-state index contributed by atoms with van der Waals surface area (Å²) in [5.74, 6) is -1.51. The van der Waals surface area contributed by atoms with E-state index in [9.17, 15) is 19.6 Å². The number of esters is 1. The zero-order chi connectivity index (χ0) is 25.5. The summed E-state index contributed by atoms with van der Waals surface area (Å²) in [4.78, 5) is 38.0. The Hall–Kier alpha value is -4.49. The van der Waals surface area contributed by atoms with E-state index in [4.69, 9.17) is 9.47 Å². The van der Waals surface area contributed by atoms with E-state index in [0.717, 1.165) is 36.1 Å². The molecule has 2 aromatic carbocycles. The minimum Gasteiger partial charge on any atom is -0.497 e. The summed E-state index contributed by atoms with van der Waals surface area (Å²) in [5, 5.41) is 16.2. The summed E-state index contributed by atoms with van der Waals surface area (Å²) in [6.45, 7) is 0. The van der Waals surface area contributed by atoms with Gasteiger partial charge in [-0.15, -0.1) is 11.3 Å². The third-order valence-electron chi connectivity index (χ3n) is 5.49. The number of amides is 2. The van der Waals surface area contributed by atoms with Gasteiger partial charge in [-0.3, -0.25) is 9.59 Å². The van der Waals surface area contributed by atoms with Gasteiger partial charge < -0.3 is 14.8 Å². The first-order chi connectivity index (χ1) is 17.5. The van der Waals surface area contributed by atoms with Crippen molar-refractivity contribution in [3.8, 4) is 17.6 Å². The molecule has 0 atom stereocenters. The number of benzene rings is 2. The number of fused-ring (bicyclic) bond motifs is 1. The van der Waals surface area contributed by atoms with Crippen LogP contribution in [0.25, 0.3) is 0 Å². The van der Waals surface area contributed by atoms with Crippen molar-refractivity contribution in [2.24, 2.45) is 5.10 Å². The Labute approximate surface area is 211 Å². The van der Waals surface area contributed by atoms with Crippen molar-refractivity contribution in [2.75, 3.05) is 12.4 Å². The van der Waals surface area contributed by atoms with Gasteiger partial charge in [-0.05, 0) is 73.2 Å². The second-order valence-corrected chi connectivity index (χ2v) is 8.98.